The predicted octanol–water partition coefficient (Wildman–Crippen LogP) is 2.12. The molecule has 1 aliphatic heterocycles. The fraction of sp³-hybridized carbons (Fsp3) is 0.727. The van der Waals surface area contributed by atoms with Crippen LogP contribution in [0.4, 0.5) is 18.0 Å². The number of halogens is 3. The van der Waals surface area contributed by atoms with Crippen molar-refractivity contribution in [2.45, 2.75) is 32.2 Å². The lowest BCUT2D eigenvalue weighted by Crippen LogP contribution is -2.63. The first-order valence-corrected chi connectivity index (χ1v) is 7.04. The number of urea groups is 1. The number of barbiturate groups is 1. The van der Waals surface area contributed by atoms with Crippen molar-refractivity contribution in [3.05, 3.63) is 0 Å². The molecule has 0 spiro atoms. The van der Waals surface area contributed by atoms with Crippen LogP contribution in [-0.4, -0.2) is 40.6 Å². The maximum absolute atomic E-state index is 12.2. The van der Waals surface area contributed by atoms with Gasteiger partial charge in [-0.2, -0.15) is 13.2 Å². The van der Waals surface area contributed by atoms with Gasteiger partial charge in [-0.15, -0.1) is 0 Å². The fourth-order valence-electron chi connectivity index (χ4n) is 2.06. The van der Waals surface area contributed by atoms with Crippen molar-refractivity contribution in [3.8, 4) is 0 Å². The molecule has 1 N–H and O–H groups in total. The Morgan fingerprint density at radius 1 is 1.20 bits per heavy atom. The second-order valence-electron chi connectivity index (χ2n) is 4.30. The van der Waals surface area contributed by atoms with Gasteiger partial charge >= 0.3 is 11.5 Å². The number of amides is 4. The Bertz CT molecular complexity index is 422. The molecule has 1 fully saturated rings. The van der Waals surface area contributed by atoms with Crippen LogP contribution in [0, 0.1) is 5.41 Å². The third-order valence-corrected chi connectivity index (χ3v) is 4.06. The highest BCUT2D eigenvalue weighted by atomic mass is 32.2. The number of rotatable bonds is 5. The zero-order chi connectivity index (χ0) is 15.6. The van der Waals surface area contributed by atoms with E-state index in [0.29, 0.717) is 4.90 Å². The zero-order valence-electron chi connectivity index (χ0n) is 11.0. The van der Waals surface area contributed by atoms with E-state index in [1.165, 1.54) is 0 Å². The number of carbonyl (C=O) groups is 3. The highest BCUT2D eigenvalue weighted by Gasteiger charge is 2.51. The lowest BCUT2D eigenvalue weighted by molar-refractivity contribution is -0.151. The van der Waals surface area contributed by atoms with E-state index >= 15 is 0 Å². The number of carbonyl (C=O) groups excluding carboxylic acids is 3. The quantitative estimate of drug-likeness (QED) is 0.790. The van der Waals surface area contributed by atoms with Crippen molar-refractivity contribution in [2.24, 2.45) is 5.41 Å². The van der Waals surface area contributed by atoms with Gasteiger partial charge in [0.2, 0.25) is 11.8 Å². The van der Waals surface area contributed by atoms with Crippen molar-refractivity contribution in [1.82, 2.24) is 10.2 Å². The first-order chi connectivity index (χ1) is 9.18. The first-order valence-electron chi connectivity index (χ1n) is 6.06. The molecule has 1 saturated heterocycles. The zero-order valence-corrected chi connectivity index (χ0v) is 11.9. The average molecular weight is 312 g/mol. The standard InChI is InChI=1S/C11H15F3N2O3S/c1-3-10(4-2)7(17)15-9(19)16(8(10)18)5-6-20-11(12,13)14/h3-6H2,1-2H3,(H,15,17,19). The Hall–Kier alpha value is -1.25. The molecule has 1 aliphatic rings. The number of thioether (sulfide) groups is 1. The minimum atomic E-state index is -4.42. The minimum Gasteiger partial charge on any atom is -0.277 e. The molecule has 0 bridgehead atoms. The molecule has 9 heteroatoms. The molecule has 1 rings (SSSR count). The summed E-state index contributed by atoms with van der Waals surface area (Å²) in [6.45, 7) is 2.86. The smallest absolute Gasteiger partial charge is 0.277 e. The number of nitrogens with zero attached hydrogens (tertiary/aromatic N) is 1. The van der Waals surface area contributed by atoms with E-state index in [4.69, 9.17) is 0 Å². The van der Waals surface area contributed by atoms with Gasteiger partial charge in [0.1, 0.15) is 5.41 Å². The average Bonchev–Trinajstić information content (AvgIpc) is 2.33. The van der Waals surface area contributed by atoms with E-state index in [1.807, 2.05) is 5.32 Å². The summed E-state index contributed by atoms with van der Waals surface area (Å²) >= 11 is -0.311. The monoisotopic (exact) mass is 312 g/mol. The highest BCUT2D eigenvalue weighted by Crippen LogP contribution is 2.34. The van der Waals surface area contributed by atoms with Crippen LogP contribution in [0.1, 0.15) is 26.7 Å². The molecular formula is C11H15F3N2O3S. The summed E-state index contributed by atoms with van der Waals surface area (Å²) in [4.78, 5) is 36.3. The molecule has 0 radical (unpaired) electrons. The normalized spacial score (nSPS) is 19.2. The van der Waals surface area contributed by atoms with E-state index in [0.717, 1.165) is 0 Å². The summed E-state index contributed by atoms with van der Waals surface area (Å²) in [6, 6.07) is -0.958. The largest absolute Gasteiger partial charge is 0.441 e. The van der Waals surface area contributed by atoms with Crippen molar-refractivity contribution in [1.29, 1.82) is 0 Å². The number of nitrogens with one attached hydrogen (secondary N) is 1. The van der Waals surface area contributed by atoms with E-state index in [2.05, 4.69) is 0 Å². The summed E-state index contributed by atoms with van der Waals surface area (Å²) in [7, 11) is 0. The first kappa shape index (κ1) is 16.8. The molecule has 4 amide bonds. The molecule has 0 aromatic rings. The highest BCUT2D eigenvalue weighted by molar-refractivity contribution is 8.00. The molecule has 114 valence electrons. The number of hydrogen-bond acceptors (Lipinski definition) is 4. The molecular weight excluding hydrogens is 297 g/mol. The van der Waals surface area contributed by atoms with Crippen LogP contribution in [0.5, 0.6) is 0 Å². The van der Waals surface area contributed by atoms with Crippen molar-refractivity contribution in [2.75, 3.05) is 12.3 Å². The lowest BCUT2D eigenvalue weighted by atomic mass is 9.78. The number of hydrogen-bond donors (Lipinski definition) is 1. The second kappa shape index (κ2) is 6.02. The van der Waals surface area contributed by atoms with Gasteiger partial charge < -0.3 is 0 Å². The summed E-state index contributed by atoms with van der Waals surface area (Å²) in [6.07, 6.45) is 0.370. The summed E-state index contributed by atoms with van der Waals surface area (Å²) < 4.78 is 36.2. The molecule has 0 aromatic heterocycles. The van der Waals surface area contributed by atoms with E-state index in [-0.39, 0.29) is 31.1 Å². The van der Waals surface area contributed by atoms with Crippen LogP contribution in [0.2, 0.25) is 0 Å². The summed E-state index contributed by atoms with van der Waals surface area (Å²) in [5, 5.41) is 2.04. The Kier molecular flexibility index (Phi) is 5.06. The van der Waals surface area contributed by atoms with Crippen LogP contribution in [0.15, 0.2) is 0 Å². The predicted molar refractivity (Wildman–Crippen MR) is 66.8 cm³/mol. The van der Waals surface area contributed by atoms with Crippen LogP contribution >= 0.6 is 11.8 Å². The molecule has 0 atom stereocenters. The Morgan fingerprint density at radius 3 is 2.20 bits per heavy atom. The van der Waals surface area contributed by atoms with E-state index < -0.39 is 34.5 Å². The molecule has 5 nitrogen and oxygen atoms in total. The van der Waals surface area contributed by atoms with Gasteiger partial charge in [-0.1, -0.05) is 13.8 Å². The van der Waals surface area contributed by atoms with Crippen LogP contribution in [-0.2, 0) is 9.59 Å². The van der Waals surface area contributed by atoms with Gasteiger partial charge in [0.05, 0.1) is 0 Å². The maximum atomic E-state index is 12.2. The number of imide groups is 2. The Balaban J connectivity index is 2.83. The number of alkyl halides is 3. The molecule has 0 aromatic carbocycles. The lowest BCUT2D eigenvalue weighted by Gasteiger charge is -2.38. The SMILES string of the molecule is CCC1(CC)C(=O)NC(=O)N(CCSC(F)(F)F)C1=O. The van der Waals surface area contributed by atoms with E-state index in [1.54, 1.807) is 13.8 Å². The molecule has 1 heterocycles. The van der Waals surface area contributed by atoms with Gasteiger partial charge in [0.15, 0.2) is 0 Å². The second-order valence-corrected chi connectivity index (χ2v) is 5.46. The van der Waals surface area contributed by atoms with Crippen LogP contribution in [0.3, 0.4) is 0 Å². The van der Waals surface area contributed by atoms with E-state index in [9.17, 15) is 27.6 Å². The van der Waals surface area contributed by atoms with Crippen molar-refractivity contribution in [3.63, 3.8) is 0 Å². The topological polar surface area (TPSA) is 66.5 Å². The van der Waals surface area contributed by atoms with Crippen LogP contribution in [0.25, 0.3) is 0 Å². The maximum Gasteiger partial charge on any atom is 0.441 e. The third-order valence-electron chi connectivity index (χ3n) is 3.34. The summed E-state index contributed by atoms with van der Waals surface area (Å²) in [5.41, 5.74) is -5.78. The molecule has 0 unspecified atom stereocenters. The van der Waals surface area contributed by atoms with Crippen molar-refractivity contribution >= 4 is 29.6 Å². The molecule has 20 heavy (non-hydrogen) atoms. The Labute approximate surface area is 118 Å². The molecule has 0 saturated carbocycles. The minimum absolute atomic E-state index is 0.185. The van der Waals surface area contributed by atoms with Crippen molar-refractivity contribution < 1.29 is 27.6 Å². The molecule has 0 aliphatic carbocycles. The van der Waals surface area contributed by atoms with Gasteiger partial charge in [-0.3, -0.25) is 19.8 Å². The van der Waals surface area contributed by atoms with Gasteiger partial charge in [-0.05, 0) is 24.6 Å². The fourth-order valence-corrected chi connectivity index (χ4v) is 2.57. The Morgan fingerprint density at radius 2 is 1.75 bits per heavy atom. The van der Waals surface area contributed by atoms with Crippen LogP contribution < -0.4 is 5.32 Å². The van der Waals surface area contributed by atoms with Gasteiger partial charge in [0.25, 0.3) is 0 Å². The summed E-state index contributed by atoms with van der Waals surface area (Å²) in [5.74, 6) is -1.86. The third kappa shape index (κ3) is 3.25. The van der Waals surface area contributed by atoms with Gasteiger partial charge in [-0.25, -0.2) is 4.79 Å². The van der Waals surface area contributed by atoms with Gasteiger partial charge in [0, 0.05) is 12.3 Å².